The number of nitrogens with zero attached hydrogens (tertiary/aromatic N) is 1. The molecule has 1 atom stereocenters. The summed E-state index contributed by atoms with van der Waals surface area (Å²) < 4.78 is 27.2. The molecule has 1 fully saturated rings. The summed E-state index contributed by atoms with van der Waals surface area (Å²) in [5.41, 5.74) is 2.39. The predicted octanol–water partition coefficient (Wildman–Crippen LogP) is 4.35. The minimum absolute atomic E-state index is 0.134. The molecule has 37 heavy (non-hydrogen) atoms. The van der Waals surface area contributed by atoms with Gasteiger partial charge in [0.05, 0.1) is 37.4 Å². The number of aromatic nitrogens is 2. The lowest BCUT2D eigenvalue weighted by Crippen LogP contribution is -2.12. The van der Waals surface area contributed by atoms with Gasteiger partial charge in [0.1, 0.15) is 28.2 Å². The number of methoxy groups -OCH3 is 3. The Morgan fingerprint density at radius 2 is 1.70 bits per heavy atom. The van der Waals surface area contributed by atoms with Gasteiger partial charge >= 0.3 is 0 Å². The summed E-state index contributed by atoms with van der Waals surface area (Å²) in [6.45, 7) is 0. The van der Waals surface area contributed by atoms with Crippen LogP contribution in [-0.4, -0.2) is 41.6 Å². The largest absolute Gasteiger partial charge is 0.497 e. The maximum atomic E-state index is 11.6. The zero-order valence-corrected chi connectivity index (χ0v) is 21.6. The number of H-pyrrole nitrogens is 1. The van der Waals surface area contributed by atoms with Gasteiger partial charge in [-0.15, -0.1) is 0 Å². The van der Waals surface area contributed by atoms with Crippen molar-refractivity contribution in [3.05, 3.63) is 60.7 Å². The van der Waals surface area contributed by atoms with E-state index in [-0.39, 0.29) is 11.8 Å². The minimum Gasteiger partial charge on any atom is -0.497 e. The fraction of sp³-hybridized carbons (Fsp3) is 0.231. The second-order valence-corrected chi connectivity index (χ2v) is 9.27. The first kappa shape index (κ1) is 26.0. The van der Waals surface area contributed by atoms with Gasteiger partial charge in [0.15, 0.2) is 5.82 Å². The van der Waals surface area contributed by atoms with Crippen molar-refractivity contribution in [3.63, 3.8) is 0 Å². The molecule has 1 heterocycles. The maximum Gasteiger partial charge on any atom is 0.227 e. The summed E-state index contributed by atoms with van der Waals surface area (Å²) >= 11 is 0. The second-order valence-electron chi connectivity index (χ2n) is 8.24. The summed E-state index contributed by atoms with van der Waals surface area (Å²) in [6, 6.07) is 18.4. The number of ether oxygens (including phenoxy) is 3. The number of amides is 1. The standard InChI is InChI=1S/C15H16N4O3S.C11H13NO2/c1-21-12-8-14(23(16)20)13(22-2)7-11(12)17-15-9-5-3-4-6-10(9)18-19-15;1-14-10-6-4-9(5-7-10)12-11(13)8-2-3-8/h3-8H,16H2,1-2H3,(H2,17,18,19);4-8H,2-3H2,1H3,(H,12,13). The van der Waals surface area contributed by atoms with Gasteiger partial charge in [-0.1, -0.05) is 12.1 Å². The molecule has 1 aromatic heterocycles. The van der Waals surface area contributed by atoms with Gasteiger partial charge in [0.25, 0.3) is 0 Å². The molecule has 1 amide bonds. The molecular weight excluding hydrogens is 494 g/mol. The maximum absolute atomic E-state index is 11.6. The van der Waals surface area contributed by atoms with E-state index < -0.39 is 11.0 Å². The van der Waals surface area contributed by atoms with Gasteiger partial charge in [-0.05, 0) is 49.2 Å². The van der Waals surface area contributed by atoms with Crippen LogP contribution in [0.1, 0.15) is 12.8 Å². The minimum atomic E-state index is -1.68. The lowest BCUT2D eigenvalue weighted by atomic mass is 10.2. The van der Waals surface area contributed by atoms with Crippen molar-refractivity contribution in [3.8, 4) is 17.2 Å². The highest BCUT2D eigenvalue weighted by Gasteiger charge is 2.29. The van der Waals surface area contributed by atoms with Crippen LogP contribution in [0.5, 0.6) is 17.2 Å². The van der Waals surface area contributed by atoms with E-state index in [2.05, 4.69) is 20.8 Å². The Morgan fingerprint density at radius 1 is 1.00 bits per heavy atom. The molecule has 194 valence electrons. The van der Waals surface area contributed by atoms with Crippen molar-refractivity contribution in [2.75, 3.05) is 32.0 Å². The van der Waals surface area contributed by atoms with Crippen molar-refractivity contribution in [1.29, 1.82) is 0 Å². The number of carbonyl (C=O) groups excluding carboxylic acids is 1. The normalized spacial score (nSPS) is 13.2. The van der Waals surface area contributed by atoms with Gasteiger partial charge in [0, 0.05) is 29.1 Å². The monoisotopic (exact) mass is 523 g/mol. The summed E-state index contributed by atoms with van der Waals surface area (Å²) in [6.07, 6.45) is 2.06. The number of carbonyl (C=O) groups is 1. The van der Waals surface area contributed by atoms with Crippen molar-refractivity contribution < 1.29 is 23.2 Å². The first-order valence-electron chi connectivity index (χ1n) is 11.5. The molecule has 5 rings (SSSR count). The Balaban J connectivity index is 0.000000195. The lowest BCUT2D eigenvalue weighted by Gasteiger charge is -2.14. The number of nitrogens with one attached hydrogen (secondary N) is 3. The molecule has 1 unspecified atom stereocenters. The first-order valence-corrected chi connectivity index (χ1v) is 12.7. The van der Waals surface area contributed by atoms with E-state index >= 15 is 0 Å². The third-order valence-corrected chi connectivity index (χ3v) is 6.48. The first-order chi connectivity index (χ1) is 17.9. The van der Waals surface area contributed by atoms with E-state index in [0.29, 0.717) is 27.9 Å². The molecule has 5 N–H and O–H groups in total. The third-order valence-electron chi connectivity index (χ3n) is 5.73. The van der Waals surface area contributed by atoms with Crippen LogP contribution < -0.4 is 30.0 Å². The van der Waals surface area contributed by atoms with Crippen molar-refractivity contribution in [1.82, 2.24) is 10.2 Å². The fourth-order valence-corrected chi connectivity index (χ4v) is 4.14. The SMILES string of the molecule is COc1cc(S(N)=O)c(OC)cc1Nc1n[nH]c2ccccc12.COc1ccc(NC(=O)C2CC2)cc1. The highest BCUT2D eigenvalue weighted by molar-refractivity contribution is 7.82. The molecule has 1 saturated carbocycles. The molecule has 10 nitrogen and oxygen atoms in total. The number of nitrogens with two attached hydrogens (primary N) is 1. The van der Waals surface area contributed by atoms with E-state index in [0.717, 1.165) is 35.2 Å². The molecule has 4 aromatic rings. The van der Waals surface area contributed by atoms with Gasteiger partial charge in [-0.3, -0.25) is 9.89 Å². The molecule has 0 saturated heterocycles. The van der Waals surface area contributed by atoms with Gasteiger partial charge in [0.2, 0.25) is 5.91 Å². The summed E-state index contributed by atoms with van der Waals surface area (Å²) in [4.78, 5) is 11.7. The molecule has 1 aliphatic carbocycles. The quantitative estimate of drug-likeness (QED) is 0.269. The average molecular weight is 524 g/mol. The zero-order valence-electron chi connectivity index (χ0n) is 20.7. The van der Waals surface area contributed by atoms with Crippen molar-refractivity contribution in [2.24, 2.45) is 11.1 Å². The molecule has 11 heteroatoms. The van der Waals surface area contributed by atoms with Gasteiger partial charge < -0.3 is 24.8 Å². The number of hydrogen-bond acceptors (Lipinski definition) is 7. The Hall–Kier alpha value is -4.09. The van der Waals surface area contributed by atoms with E-state index in [9.17, 15) is 9.00 Å². The Bertz CT molecular complexity index is 1400. The van der Waals surface area contributed by atoms with E-state index in [1.54, 1.807) is 19.2 Å². The van der Waals surface area contributed by atoms with Crippen LogP contribution in [0.3, 0.4) is 0 Å². The van der Waals surface area contributed by atoms with Crippen LogP contribution in [0.25, 0.3) is 10.9 Å². The van der Waals surface area contributed by atoms with Crippen molar-refractivity contribution >= 4 is 45.0 Å². The molecule has 0 aliphatic heterocycles. The topological polar surface area (TPSA) is 141 Å². The Labute approximate surface area is 217 Å². The third kappa shape index (κ3) is 6.38. The van der Waals surface area contributed by atoms with Gasteiger partial charge in [-0.25, -0.2) is 9.35 Å². The Kier molecular flexibility index (Phi) is 8.26. The fourth-order valence-electron chi connectivity index (χ4n) is 3.58. The highest BCUT2D eigenvalue weighted by Crippen LogP contribution is 2.36. The van der Waals surface area contributed by atoms with Crippen LogP contribution in [0.15, 0.2) is 65.6 Å². The number of fused-ring (bicyclic) bond motifs is 1. The number of aromatic amines is 1. The summed E-state index contributed by atoms with van der Waals surface area (Å²) in [5.74, 6) is 2.74. The van der Waals surface area contributed by atoms with E-state index in [1.807, 2.05) is 48.5 Å². The number of para-hydroxylation sites is 1. The summed E-state index contributed by atoms with van der Waals surface area (Å²) in [5, 5.41) is 19.7. The van der Waals surface area contributed by atoms with Crippen LogP contribution >= 0.6 is 0 Å². The van der Waals surface area contributed by atoms with Crippen molar-refractivity contribution in [2.45, 2.75) is 17.7 Å². The average Bonchev–Trinajstić information content (AvgIpc) is 3.70. The molecule has 0 radical (unpaired) electrons. The van der Waals surface area contributed by atoms with E-state index in [1.165, 1.54) is 14.2 Å². The zero-order chi connectivity index (χ0) is 26.4. The highest BCUT2D eigenvalue weighted by atomic mass is 32.2. The molecule has 1 aliphatic rings. The number of anilines is 3. The number of hydrogen-bond donors (Lipinski definition) is 4. The Morgan fingerprint density at radius 3 is 2.32 bits per heavy atom. The lowest BCUT2D eigenvalue weighted by molar-refractivity contribution is -0.117. The second kappa shape index (κ2) is 11.8. The van der Waals surface area contributed by atoms with Crippen LogP contribution in [0, 0.1) is 5.92 Å². The predicted molar refractivity (Wildman–Crippen MR) is 144 cm³/mol. The van der Waals surface area contributed by atoms with E-state index in [4.69, 9.17) is 19.3 Å². The van der Waals surface area contributed by atoms with Gasteiger partial charge in [-0.2, -0.15) is 5.10 Å². The molecule has 0 bridgehead atoms. The molecule has 3 aromatic carbocycles. The van der Waals surface area contributed by atoms with Crippen LogP contribution in [0.4, 0.5) is 17.2 Å². The van der Waals surface area contributed by atoms with Crippen LogP contribution in [0.2, 0.25) is 0 Å². The number of benzene rings is 3. The number of rotatable bonds is 8. The summed E-state index contributed by atoms with van der Waals surface area (Å²) in [7, 11) is 2.97. The molecular formula is C26H29N5O5S. The van der Waals surface area contributed by atoms with Crippen LogP contribution in [-0.2, 0) is 15.8 Å². The smallest absolute Gasteiger partial charge is 0.227 e. The molecule has 0 spiro atoms.